The maximum atomic E-state index is 12.9. The third-order valence-electron chi connectivity index (χ3n) is 6.51. The van der Waals surface area contributed by atoms with Gasteiger partial charge >= 0.3 is 0 Å². The Kier molecular flexibility index (Phi) is 2.79. The molecule has 0 bridgehead atoms. The first-order valence-electron chi connectivity index (χ1n) is 8.77. The third kappa shape index (κ3) is 1.52. The summed E-state index contributed by atoms with van der Waals surface area (Å²) in [7, 11) is 0. The molecule has 2 aromatic carbocycles. The molecule has 0 aliphatic heterocycles. The molecule has 120 valence electrons. The summed E-state index contributed by atoms with van der Waals surface area (Å²) < 4.78 is 0. The molecular weight excluding hydrogens is 296 g/mol. The van der Waals surface area contributed by atoms with Crippen molar-refractivity contribution in [1.82, 2.24) is 5.43 Å². The minimum absolute atomic E-state index is 0.110. The molecular formula is C21H20N2O. The summed E-state index contributed by atoms with van der Waals surface area (Å²) in [6, 6.07) is 20.5. The number of hydrazone groups is 1. The zero-order chi connectivity index (χ0) is 16.2. The second-order valence-corrected chi connectivity index (χ2v) is 7.25. The van der Waals surface area contributed by atoms with Crippen molar-refractivity contribution in [1.29, 1.82) is 0 Å². The van der Waals surface area contributed by atoms with Gasteiger partial charge in [0.25, 0.3) is 0 Å². The molecule has 0 heterocycles. The lowest BCUT2D eigenvalue weighted by molar-refractivity contribution is -0.126. The molecule has 3 saturated carbocycles. The fraction of sp³-hybridized carbons (Fsp3) is 0.333. The highest BCUT2D eigenvalue weighted by Crippen LogP contribution is 2.97. The highest BCUT2D eigenvalue weighted by atomic mass is 16.2. The van der Waals surface area contributed by atoms with Crippen LogP contribution < -0.4 is 5.43 Å². The van der Waals surface area contributed by atoms with Crippen molar-refractivity contribution in [3.05, 3.63) is 71.8 Å². The largest absolute Gasteiger partial charge is 0.272 e. The van der Waals surface area contributed by atoms with E-state index in [1.165, 1.54) is 24.8 Å². The zero-order valence-electron chi connectivity index (χ0n) is 13.5. The maximum Gasteiger partial charge on any atom is 0.247 e. The van der Waals surface area contributed by atoms with Gasteiger partial charge in [-0.3, -0.25) is 4.79 Å². The first-order valence-corrected chi connectivity index (χ1v) is 8.77. The van der Waals surface area contributed by atoms with Crippen LogP contribution >= 0.6 is 0 Å². The van der Waals surface area contributed by atoms with Gasteiger partial charge in [0.2, 0.25) is 5.91 Å². The van der Waals surface area contributed by atoms with E-state index in [1.54, 1.807) is 6.21 Å². The summed E-state index contributed by atoms with van der Waals surface area (Å²) in [5.74, 6) is 1.14. The van der Waals surface area contributed by atoms with Crippen LogP contribution in [0.15, 0.2) is 65.8 Å². The van der Waals surface area contributed by atoms with Crippen molar-refractivity contribution in [3.8, 4) is 0 Å². The van der Waals surface area contributed by atoms with Gasteiger partial charge in [0.15, 0.2) is 0 Å². The second-order valence-electron chi connectivity index (χ2n) is 7.25. The van der Waals surface area contributed by atoms with Crippen LogP contribution in [0.2, 0.25) is 0 Å². The van der Waals surface area contributed by atoms with Crippen molar-refractivity contribution >= 4 is 12.1 Å². The fourth-order valence-electron chi connectivity index (χ4n) is 5.69. The molecule has 0 unspecified atom stereocenters. The molecule has 0 spiro atoms. The lowest BCUT2D eigenvalue weighted by atomic mass is 9.77. The molecule has 0 aromatic heterocycles. The second kappa shape index (κ2) is 4.79. The number of carbonyl (C=O) groups excluding carboxylic acids is 1. The Labute approximate surface area is 141 Å². The zero-order valence-corrected chi connectivity index (χ0v) is 13.5. The minimum Gasteiger partial charge on any atom is -0.272 e. The van der Waals surface area contributed by atoms with E-state index in [4.69, 9.17) is 0 Å². The van der Waals surface area contributed by atoms with Gasteiger partial charge < -0.3 is 0 Å². The first kappa shape index (κ1) is 14.0. The van der Waals surface area contributed by atoms with Crippen molar-refractivity contribution in [2.45, 2.75) is 24.7 Å². The lowest BCUT2D eigenvalue weighted by Gasteiger charge is -2.27. The highest BCUT2D eigenvalue weighted by molar-refractivity contribution is 5.97. The SMILES string of the molecule is O=C(N/N=C\c1ccccc1)C12[C@H]3CCC[C@H]1C32c1ccccc1. The van der Waals surface area contributed by atoms with Gasteiger partial charge in [0.1, 0.15) is 0 Å². The van der Waals surface area contributed by atoms with Crippen molar-refractivity contribution in [2.75, 3.05) is 0 Å². The predicted octanol–water partition coefficient (Wildman–Crippen LogP) is 3.50. The van der Waals surface area contributed by atoms with Gasteiger partial charge in [-0.15, -0.1) is 0 Å². The van der Waals surface area contributed by atoms with E-state index in [9.17, 15) is 4.79 Å². The van der Waals surface area contributed by atoms with Crippen LogP contribution in [0.3, 0.4) is 0 Å². The van der Waals surface area contributed by atoms with Crippen LogP contribution in [0.5, 0.6) is 0 Å². The summed E-state index contributed by atoms with van der Waals surface area (Å²) in [6.45, 7) is 0. The standard InChI is InChI=1S/C21H20N2O/c24-19(23-22-14-15-8-3-1-4-9-15)21-17-12-7-13-18(21)20(17,21)16-10-5-2-6-11-16/h1-6,8-11,14,17-18H,7,12-13H2,(H,23,24)/b22-14-/t17-,18-,20?,21?/m0/s1. The van der Waals surface area contributed by atoms with Gasteiger partial charge in [-0.1, -0.05) is 67.1 Å². The topological polar surface area (TPSA) is 41.5 Å². The van der Waals surface area contributed by atoms with Gasteiger partial charge in [-0.05, 0) is 35.8 Å². The number of amides is 1. The molecule has 0 saturated heterocycles. The molecule has 2 atom stereocenters. The molecule has 3 nitrogen and oxygen atoms in total. The molecule has 3 aliphatic carbocycles. The van der Waals surface area contributed by atoms with Crippen molar-refractivity contribution in [2.24, 2.45) is 22.4 Å². The lowest BCUT2D eigenvalue weighted by Crippen LogP contribution is -2.31. The third-order valence-corrected chi connectivity index (χ3v) is 6.51. The quantitative estimate of drug-likeness (QED) is 0.681. The maximum absolute atomic E-state index is 12.9. The van der Waals surface area contributed by atoms with Crippen LogP contribution in [0.25, 0.3) is 0 Å². The van der Waals surface area contributed by atoms with Gasteiger partial charge in [0, 0.05) is 5.41 Å². The molecule has 2 aromatic rings. The van der Waals surface area contributed by atoms with E-state index in [0.29, 0.717) is 11.8 Å². The summed E-state index contributed by atoms with van der Waals surface area (Å²) in [4.78, 5) is 12.9. The van der Waals surface area contributed by atoms with Gasteiger partial charge in [-0.25, -0.2) is 5.43 Å². The Balaban J connectivity index is 1.38. The van der Waals surface area contributed by atoms with Crippen LogP contribution in [-0.4, -0.2) is 12.1 Å². The highest BCUT2D eigenvalue weighted by Gasteiger charge is 3.01. The number of fused-ring (bicyclic) bond motifs is 2. The molecule has 24 heavy (non-hydrogen) atoms. The Morgan fingerprint density at radius 1 is 1.00 bits per heavy atom. The Hall–Kier alpha value is -2.42. The Bertz CT molecular complexity index is 800. The van der Waals surface area contributed by atoms with Gasteiger partial charge in [0.05, 0.1) is 11.6 Å². The average Bonchev–Trinajstić information content (AvgIpc) is 3.50. The first-order chi connectivity index (χ1) is 11.8. The number of rotatable bonds is 4. The Morgan fingerprint density at radius 2 is 1.62 bits per heavy atom. The fourth-order valence-corrected chi connectivity index (χ4v) is 5.69. The molecule has 0 radical (unpaired) electrons. The molecule has 3 aliphatic rings. The van der Waals surface area contributed by atoms with Crippen molar-refractivity contribution in [3.63, 3.8) is 0 Å². The normalized spacial score (nSPS) is 35.3. The monoisotopic (exact) mass is 316 g/mol. The number of hydrogen-bond donors (Lipinski definition) is 1. The number of nitrogens with one attached hydrogen (secondary N) is 1. The molecule has 1 N–H and O–H groups in total. The number of nitrogens with zero attached hydrogens (tertiary/aromatic N) is 1. The smallest absolute Gasteiger partial charge is 0.247 e. The Morgan fingerprint density at radius 3 is 2.29 bits per heavy atom. The summed E-state index contributed by atoms with van der Waals surface area (Å²) in [5.41, 5.74) is 5.10. The van der Waals surface area contributed by atoms with Crippen LogP contribution in [0.1, 0.15) is 30.4 Å². The summed E-state index contributed by atoms with van der Waals surface area (Å²) in [5, 5.41) is 4.20. The van der Waals surface area contributed by atoms with Gasteiger partial charge in [-0.2, -0.15) is 5.10 Å². The van der Waals surface area contributed by atoms with E-state index in [0.717, 1.165) is 5.56 Å². The predicted molar refractivity (Wildman–Crippen MR) is 93.6 cm³/mol. The number of carbonyl (C=O) groups is 1. The van der Waals surface area contributed by atoms with E-state index >= 15 is 0 Å². The molecule has 3 heteroatoms. The van der Waals surface area contributed by atoms with Crippen molar-refractivity contribution < 1.29 is 4.79 Å². The van der Waals surface area contributed by atoms with Crippen LogP contribution in [-0.2, 0) is 10.2 Å². The van der Waals surface area contributed by atoms with Crippen LogP contribution in [0.4, 0.5) is 0 Å². The van der Waals surface area contributed by atoms with E-state index in [-0.39, 0.29) is 16.7 Å². The molecule has 3 fully saturated rings. The minimum atomic E-state index is -0.180. The average molecular weight is 316 g/mol. The molecule has 1 amide bonds. The number of hydrogen-bond acceptors (Lipinski definition) is 2. The van der Waals surface area contributed by atoms with E-state index < -0.39 is 0 Å². The van der Waals surface area contributed by atoms with Crippen LogP contribution in [0, 0.1) is 17.3 Å². The van der Waals surface area contributed by atoms with E-state index in [1.807, 2.05) is 36.4 Å². The molecule has 5 rings (SSSR count). The van der Waals surface area contributed by atoms with E-state index in [2.05, 4.69) is 34.8 Å². The number of benzene rings is 2. The summed E-state index contributed by atoms with van der Waals surface area (Å²) >= 11 is 0. The summed E-state index contributed by atoms with van der Waals surface area (Å²) in [6.07, 6.45) is 5.31.